The zero-order valence-corrected chi connectivity index (χ0v) is 13.5. The lowest BCUT2D eigenvalue weighted by molar-refractivity contribution is 0.569. The Morgan fingerprint density at radius 3 is 3.08 bits per heavy atom. The van der Waals surface area contributed by atoms with Gasteiger partial charge in [0.25, 0.3) is 6.01 Å². The van der Waals surface area contributed by atoms with Crippen LogP contribution in [0.5, 0.6) is 0 Å². The number of nitrogens with zero attached hydrogens (tertiary/aromatic N) is 3. The van der Waals surface area contributed by atoms with Gasteiger partial charge >= 0.3 is 0 Å². The smallest absolute Gasteiger partial charge is 0.298 e. The second-order valence-corrected chi connectivity index (χ2v) is 6.25. The van der Waals surface area contributed by atoms with Gasteiger partial charge in [0, 0.05) is 31.4 Å². The fraction of sp³-hybridized carbons (Fsp3) is 0.333. The number of aryl methyl sites for hydroxylation is 1. The first-order valence-electron chi connectivity index (χ1n) is 8.16. The van der Waals surface area contributed by atoms with Crippen molar-refractivity contribution in [3.63, 3.8) is 0 Å². The number of oxazole rings is 1. The molecule has 0 amide bonds. The number of anilines is 2. The molecule has 3 aromatic rings. The fourth-order valence-electron chi connectivity index (χ4n) is 3.08. The Labute approximate surface area is 139 Å². The highest BCUT2D eigenvalue weighted by molar-refractivity contribution is 5.74. The highest BCUT2D eigenvalue weighted by Crippen LogP contribution is 2.27. The average molecular weight is 326 g/mol. The van der Waals surface area contributed by atoms with E-state index >= 15 is 0 Å². The molecule has 0 bridgehead atoms. The summed E-state index contributed by atoms with van der Waals surface area (Å²) in [7, 11) is 0. The predicted molar refractivity (Wildman–Crippen MR) is 91.8 cm³/mol. The van der Waals surface area contributed by atoms with Crippen LogP contribution in [0.3, 0.4) is 0 Å². The summed E-state index contributed by atoms with van der Waals surface area (Å²) in [5.74, 6) is 1.10. The molecule has 4 rings (SSSR count). The SMILES string of the molecule is Cc1cccc(NCC2CCN(c3nc4ccc(F)cc4o3)C2)n1. The predicted octanol–water partition coefficient (Wildman–Crippen LogP) is 3.61. The molecule has 0 radical (unpaired) electrons. The summed E-state index contributed by atoms with van der Waals surface area (Å²) in [6.07, 6.45) is 1.06. The van der Waals surface area contributed by atoms with Gasteiger partial charge in [-0.1, -0.05) is 6.07 Å². The molecule has 0 aliphatic carbocycles. The molecule has 2 aromatic heterocycles. The van der Waals surface area contributed by atoms with Crippen LogP contribution in [0.2, 0.25) is 0 Å². The standard InChI is InChI=1S/C18H19FN4O/c1-12-3-2-4-17(21-12)20-10-13-7-8-23(11-13)18-22-15-6-5-14(19)9-16(15)24-18/h2-6,9,13H,7-8,10-11H2,1H3,(H,20,21). The zero-order valence-electron chi connectivity index (χ0n) is 13.5. The van der Waals surface area contributed by atoms with E-state index in [0.29, 0.717) is 23.0 Å². The lowest BCUT2D eigenvalue weighted by Gasteiger charge is -2.14. The third kappa shape index (κ3) is 3.04. The van der Waals surface area contributed by atoms with Crippen LogP contribution in [-0.4, -0.2) is 29.6 Å². The summed E-state index contributed by atoms with van der Waals surface area (Å²) in [6, 6.07) is 11.0. The van der Waals surface area contributed by atoms with Crippen LogP contribution in [0.1, 0.15) is 12.1 Å². The van der Waals surface area contributed by atoms with E-state index in [1.54, 1.807) is 6.07 Å². The highest BCUT2D eigenvalue weighted by Gasteiger charge is 2.26. The molecular weight excluding hydrogens is 307 g/mol. The minimum atomic E-state index is -0.306. The lowest BCUT2D eigenvalue weighted by atomic mass is 10.1. The zero-order chi connectivity index (χ0) is 16.5. The summed E-state index contributed by atoms with van der Waals surface area (Å²) < 4.78 is 19.0. The number of fused-ring (bicyclic) bond motifs is 1. The molecule has 1 saturated heterocycles. The summed E-state index contributed by atoms with van der Waals surface area (Å²) in [4.78, 5) is 11.0. The second kappa shape index (κ2) is 6.11. The van der Waals surface area contributed by atoms with Crippen LogP contribution in [0.25, 0.3) is 11.1 Å². The second-order valence-electron chi connectivity index (χ2n) is 6.25. The van der Waals surface area contributed by atoms with E-state index in [4.69, 9.17) is 4.42 Å². The minimum Gasteiger partial charge on any atom is -0.423 e. The number of benzene rings is 1. The van der Waals surface area contributed by atoms with Gasteiger partial charge in [0.1, 0.15) is 17.2 Å². The van der Waals surface area contributed by atoms with Crippen molar-refractivity contribution in [1.29, 1.82) is 0 Å². The van der Waals surface area contributed by atoms with E-state index in [1.807, 2.05) is 25.1 Å². The molecule has 3 heterocycles. The van der Waals surface area contributed by atoms with Gasteiger partial charge in [-0.2, -0.15) is 4.98 Å². The Kier molecular flexibility index (Phi) is 3.80. The van der Waals surface area contributed by atoms with Crippen LogP contribution in [0.4, 0.5) is 16.2 Å². The van der Waals surface area contributed by atoms with Gasteiger partial charge in [0.2, 0.25) is 0 Å². The van der Waals surface area contributed by atoms with Crippen LogP contribution < -0.4 is 10.2 Å². The van der Waals surface area contributed by atoms with E-state index in [9.17, 15) is 4.39 Å². The van der Waals surface area contributed by atoms with Crippen molar-refractivity contribution in [3.8, 4) is 0 Å². The maximum Gasteiger partial charge on any atom is 0.298 e. The van der Waals surface area contributed by atoms with Crippen LogP contribution >= 0.6 is 0 Å². The van der Waals surface area contributed by atoms with Gasteiger partial charge in [-0.25, -0.2) is 9.37 Å². The van der Waals surface area contributed by atoms with E-state index < -0.39 is 0 Å². The maximum absolute atomic E-state index is 13.3. The van der Waals surface area contributed by atoms with Crippen LogP contribution in [0.15, 0.2) is 40.8 Å². The summed E-state index contributed by atoms with van der Waals surface area (Å²) in [5, 5.41) is 3.40. The lowest BCUT2D eigenvalue weighted by Crippen LogP contribution is -2.22. The molecule has 5 nitrogen and oxygen atoms in total. The van der Waals surface area contributed by atoms with Gasteiger partial charge in [-0.05, 0) is 43.5 Å². The molecule has 24 heavy (non-hydrogen) atoms. The van der Waals surface area contributed by atoms with E-state index in [1.165, 1.54) is 12.1 Å². The number of hydrogen-bond donors (Lipinski definition) is 1. The molecule has 1 N–H and O–H groups in total. The molecule has 0 saturated carbocycles. The van der Waals surface area contributed by atoms with Gasteiger partial charge in [0.15, 0.2) is 5.58 Å². The summed E-state index contributed by atoms with van der Waals surface area (Å²) in [5.41, 5.74) is 2.19. The van der Waals surface area contributed by atoms with Crippen molar-refractivity contribution in [2.24, 2.45) is 5.92 Å². The van der Waals surface area contributed by atoms with Crippen LogP contribution in [-0.2, 0) is 0 Å². The van der Waals surface area contributed by atoms with Crippen molar-refractivity contribution in [3.05, 3.63) is 47.9 Å². The maximum atomic E-state index is 13.3. The molecule has 1 unspecified atom stereocenters. The number of pyridine rings is 1. The Bertz CT molecular complexity index is 863. The van der Waals surface area contributed by atoms with Gasteiger partial charge in [0.05, 0.1) is 0 Å². The first kappa shape index (κ1) is 14.9. The summed E-state index contributed by atoms with van der Waals surface area (Å²) >= 11 is 0. The average Bonchev–Trinajstić information content (AvgIpc) is 3.19. The number of aromatic nitrogens is 2. The molecule has 1 fully saturated rings. The number of halogens is 1. The van der Waals surface area contributed by atoms with Crippen molar-refractivity contribution in [2.45, 2.75) is 13.3 Å². The minimum absolute atomic E-state index is 0.306. The number of rotatable bonds is 4. The molecule has 6 heteroatoms. The Balaban J connectivity index is 1.40. The molecule has 1 aromatic carbocycles. The Morgan fingerprint density at radius 2 is 2.21 bits per heavy atom. The van der Waals surface area contributed by atoms with E-state index in [2.05, 4.69) is 20.2 Å². The van der Waals surface area contributed by atoms with Crippen molar-refractivity contribution in [1.82, 2.24) is 9.97 Å². The first-order chi connectivity index (χ1) is 11.7. The number of hydrogen-bond acceptors (Lipinski definition) is 5. The van der Waals surface area contributed by atoms with Gasteiger partial charge < -0.3 is 14.6 Å². The third-order valence-corrected chi connectivity index (χ3v) is 4.36. The fourth-order valence-corrected chi connectivity index (χ4v) is 3.08. The van der Waals surface area contributed by atoms with Crippen molar-refractivity contribution < 1.29 is 8.81 Å². The topological polar surface area (TPSA) is 54.2 Å². The molecular formula is C18H19FN4O. The Morgan fingerprint density at radius 1 is 1.29 bits per heavy atom. The van der Waals surface area contributed by atoms with Gasteiger partial charge in [-0.15, -0.1) is 0 Å². The third-order valence-electron chi connectivity index (χ3n) is 4.36. The van der Waals surface area contributed by atoms with Crippen LogP contribution in [0, 0.1) is 18.7 Å². The van der Waals surface area contributed by atoms with E-state index in [0.717, 1.165) is 37.6 Å². The quantitative estimate of drug-likeness (QED) is 0.794. The molecule has 124 valence electrons. The first-order valence-corrected chi connectivity index (χ1v) is 8.16. The molecule has 1 atom stereocenters. The van der Waals surface area contributed by atoms with Gasteiger partial charge in [-0.3, -0.25) is 0 Å². The molecule has 1 aliphatic heterocycles. The largest absolute Gasteiger partial charge is 0.423 e. The molecule has 1 aliphatic rings. The molecule has 0 spiro atoms. The van der Waals surface area contributed by atoms with Crippen molar-refractivity contribution in [2.75, 3.05) is 29.9 Å². The summed E-state index contributed by atoms with van der Waals surface area (Å²) in [6.45, 7) is 4.61. The van der Waals surface area contributed by atoms with Crippen molar-refractivity contribution >= 4 is 22.9 Å². The Hall–Kier alpha value is -2.63. The normalized spacial score (nSPS) is 17.6. The monoisotopic (exact) mass is 326 g/mol. The van der Waals surface area contributed by atoms with E-state index in [-0.39, 0.29) is 5.82 Å². The number of nitrogens with one attached hydrogen (secondary N) is 1. The highest BCUT2D eigenvalue weighted by atomic mass is 19.1.